The number of rotatable bonds is 4. The standard InChI is InChI=1S/C16H28F2N2O2/c1-19(2)14(21)10-15(22)6-3-9-20(12-15)11-13-4-7-16(17,18)8-5-13/h13,22H,3-12H2,1-2H3. The fourth-order valence-electron chi connectivity index (χ4n) is 3.59. The van der Waals surface area contributed by atoms with E-state index in [1.54, 1.807) is 14.1 Å². The minimum Gasteiger partial charge on any atom is -0.388 e. The average molecular weight is 318 g/mol. The van der Waals surface area contributed by atoms with E-state index in [4.69, 9.17) is 0 Å². The van der Waals surface area contributed by atoms with Gasteiger partial charge < -0.3 is 14.9 Å². The molecule has 1 amide bonds. The first kappa shape index (κ1) is 17.6. The van der Waals surface area contributed by atoms with Crippen molar-refractivity contribution < 1.29 is 18.7 Å². The third kappa shape index (κ3) is 4.88. The SMILES string of the molecule is CN(C)C(=O)CC1(O)CCCN(CC2CCC(F)(F)CC2)C1. The summed E-state index contributed by atoms with van der Waals surface area (Å²) in [5.41, 5.74) is -0.974. The summed E-state index contributed by atoms with van der Waals surface area (Å²) in [5, 5.41) is 10.7. The number of hydrogen-bond acceptors (Lipinski definition) is 3. The van der Waals surface area contributed by atoms with E-state index in [0.717, 1.165) is 19.5 Å². The number of aliphatic hydroxyl groups is 1. The van der Waals surface area contributed by atoms with Crippen LogP contribution in [0.4, 0.5) is 8.78 Å². The lowest BCUT2D eigenvalue weighted by Gasteiger charge is -2.41. The van der Waals surface area contributed by atoms with E-state index in [1.807, 2.05) is 0 Å². The number of amides is 1. The predicted molar refractivity (Wildman–Crippen MR) is 80.8 cm³/mol. The molecule has 2 fully saturated rings. The summed E-state index contributed by atoms with van der Waals surface area (Å²) < 4.78 is 26.4. The molecule has 128 valence electrons. The Kier molecular flexibility index (Phi) is 5.43. The third-order valence-electron chi connectivity index (χ3n) is 4.97. The van der Waals surface area contributed by atoms with Gasteiger partial charge in [-0.2, -0.15) is 0 Å². The van der Waals surface area contributed by atoms with Crippen molar-refractivity contribution in [1.82, 2.24) is 9.80 Å². The van der Waals surface area contributed by atoms with Gasteiger partial charge in [-0.3, -0.25) is 4.79 Å². The van der Waals surface area contributed by atoms with Crippen LogP contribution in [0.15, 0.2) is 0 Å². The summed E-state index contributed by atoms with van der Waals surface area (Å²) in [7, 11) is 3.38. The highest BCUT2D eigenvalue weighted by atomic mass is 19.3. The van der Waals surface area contributed by atoms with Crippen LogP contribution >= 0.6 is 0 Å². The van der Waals surface area contributed by atoms with Crippen molar-refractivity contribution in [2.45, 2.75) is 56.5 Å². The fraction of sp³-hybridized carbons (Fsp3) is 0.938. The maximum absolute atomic E-state index is 13.2. The van der Waals surface area contributed by atoms with Crippen molar-refractivity contribution in [3.8, 4) is 0 Å². The first-order chi connectivity index (χ1) is 10.2. The van der Waals surface area contributed by atoms with E-state index in [-0.39, 0.29) is 31.1 Å². The smallest absolute Gasteiger partial charge is 0.248 e. The number of carbonyl (C=O) groups is 1. The maximum Gasteiger partial charge on any atom is 0.248 e. The molecule has 0 aromatic rings. The van der Waals surface area contributed by atoms with Crippen LogP contribution in [0.5, 0.6) is 0 Å². The number of β-amino-alcohol motifs (C(OH)–C–C–N with tert-alkyl or cyclic N) is 1. The van der Waals surface area contributed by atoms with Crippen LogP contribution in [0, 0.1) is 5.92 Å². The van der Waals surface area contributed by atoms with E-state index in [1.165, 1.54) is 4.90 Å². The van der Waals surface area contributed by atoms with Gasteiger partial charge in [-0.25, -0.2) is 8.78 Å². The Balaban J connectivity index is 1.84. The molecule has 1 N–H and O–H groups in total. The summed E-state index contributed by atoms with van der Waals surface area (Å²) in [4.78, 5) is 15.5. The van der Waals surface area contributed by atoms with Crippen LogP contribution < -0.4 is 0 Å². The van der Waals surface area contributed by atoms with Gasteiger partial charge in [-0.15, -0.1) is 0 Å². The van der Waals surface area contributed by atoms with E-state index >= 15 is 0 Å². The molecule has 0 aromatic carbocycles. The summed E-state index contributed by atoms with van der Waals surface area (Å²) in [5.74, 6) is -2.27. The van der Waals surface area contributed by atoms with Crippen LogP contribution in [-0.4, -0.2) is 66.1 Å². The normalized spacial score (nSPS) is 30.2. The molecule has 1 atom stereocenters. The molecule has 1 aliphatic carbocycles. The first-order valence-electron chi connectivity index (χ1n) is 8.22. The Morgan fingerprint density at radius 1 is 1.27 bits per heavy atom. The highest BCUT2D eigenvalue weighted by Crippen LogP contribution is 2.37. The molecule has 2 rings (SSSR count). The molecule has 1 saturated carbocycles. The molecule has 1 saturated heterocycles. The van der Waals surface area contributed by atoms with Crippen molar-refractivity contribution in [2.24, 2.45) is 5.92 Å². The molecule has 0 spiro atoms. The van der Waals surface area contributed by atoms with Gasteiger partial charge in [0.15, 0.2) is 0 Å². The Morgan fingerprint density at radius 2 is 1.91 bits per heavy atom. The molecule has 1 aliphatic heterocycles. The van der Waals surface area contributed by atoms with Crippen LogP contribution in [0.3, 0.4) is 0 Å². The first-order valence-corrected chi connectivity index (χ1v) is 8.22. The van der Waals surface area contributed by atoms with Crippen LogP contribution in [-0.2, 0) is 4.79 Å². The zero-order valence-corrected chi connectivity index (χ0v) is 13.7. The van der Waals surface area contributed by atoms with Crippen LogP contribution in [0.25, 0.3) is 0 Å². The minimum absolute atomic E-state index is 0.0190. The van der Waals surface area contributed by atoms with Gasteiger partial charge in [0, 0.05) is 40.0 Å². The molecule has 0 bridgehead atoms. The Morgan fingerprint density at radius 3 is 2.50 bits per heavy atom. The second-order valence-electron chi connectivity index (χ2n) is 7.33. The number of carbonyl (C=O) groups excluding carboxylic acids is 1. The molecule has 0 radical (unpaired) electrons. The van der Waals surface area contributed by atoms with E-state index < -0.39 is 11.5 Å². The largest absolute Gasteiger partial charge is 0.388 e. The summed E-state index contributed by atoms with van der Waals surface area (Å²) in [6.07, 6.45) is 2.69. The highest BCUT2D eigenvalue weighted by Gasteiger charge is 2.39. The molecule has 1 heterocycles. The fourth-order valence-corrected chi connectivity index (χ4v) is 3.59. The zero-order chi connectivity index (χ0) is 16.4. The topological polar surface area (TPSA) is 43.8 Å². The number of alkyl halides is 2. The Bertz CT molecular complexity index is 394. The number of nitrogens with zero attached hydrogens (tertiary/aromatic N) is 2. The number of piperidine rings is 1. The molecule has 0 aromatic heterocycles. The van der Waals surface area contributed by atoms with Crippen LogP contribution in [0.1, 0.15) is 44.9 Å². The van der Waals surface area contributed by atoms with Gasteiger partial charge in [0.25, 0.3) is 0 Å². The molecular weight excluding hydrogens is 290 g/mol. The summed E-state index contributed by atoms with van der Waals surface area (Å²) in [6.45, 7) is 2.11. The lowest BCUT2D eigenvalue weighted by atomic mass is 9.84. The summed E-state index contributed by atoms with van der Waals surface area (Å²) in [6, 6.07) is 0. The van der Waals surface area contributed by atoms with Gasteiger partial charge in [0.1, 0.15) is 0 Å². The molecule has 2 aliphatic rings. The third-order valence-corrected chi connectivity index (χ3v) is 4.97. The van der Waals surface area contributed by atoms with Gasteiger partial charge in [-0.1, -0.05) is 0 Å². The second kappa shape index (κ2) is 6.79. The lowest BCUT2D eigenvalue weighted by Crippen LogP contribution is -2.51. The molecule has 6 heteroatoms. The quantitative estimate of drug-likeness (QED) is 0.863. The van der Waals surface area contributed by atoms with Gasteiger partial charge in [0.05, 0.1) is 12.0 Å². The second-order valence-corrected chi connectivity index (χ2v) is 7.33. The molecular formula is C16H28F2N2O2. The van der Waals surface area contributed by atoms with Gasteiger partial charge in [0.2, 0.25) is 11.8 Å². The van der Waals surface area contributed by atoms with E-state index in [0.29, 0.717) is 25.8 Å². The number of hydrogen-bond donors (Lipinski definition) is 1. The van der Waals surface area contributed by atoms with Gasteiger partial charge in [-0.05, 0) is 38.1 Å². The van der Waals surface area contributed by atoms with Crippen molar-refractivity contribution >= 4 is 5.91 Å². The van der Waals surface area contributed by atoms with E-state index in [2.05, 4.69) is 4.90 Å². The predicted octanol–water partition coefficient (Wildman–Crippen LogP) is 2.12. The van der Waals surface area contributed by atoms with Crippen molar-refractivity contribution in [1.29, 1.82) is 0 Å². The van der Waals surface area contributed by atoms with E-state index in [9.17, 15) is 18.7 Å². The zero-order valence-electron chi connectivity index (χ0n) is 13.7. The lowest BCUT2D eigenvalue weighted by molar-refractivity contribution is -0.136. The number of halogens is 2. The monoisotopic (exact) mass is 318 g/mol. The highest BCUT2D eigenvalue weighted by molar-refractivity contribution is 5.76. The molecule has 1 unspecified atom stereocenters. The van der Waals surface area contributed by atoms with Crippen molar-refractivity contribution in [3.05, 3.63) is 0 Å². The van der Waals surface area contributed by atoms with Crippen molar-refractivity contribution in [2.75, 3.05) is 33.7 Å². The minimum atomic E-state index is -2.49. The van der Waals surface area contributed by atoms with Crippen LogP contribution in [0.2, 0.25) is 0 Å². The van der Waals surface area contributed by atoms with Gasteiger partial charge >= 0.3 is 0 Å². The number of likely N-dealkylation sites (tertiary alicyclic amines) is 1. The Hall–Kier alpha value is -0.750. The molecule has 22 heavy (non-hydrogen) atoms. The Labute approximate surface area is 131 Å². The average Bonchev–Trinajstić information content (AvgIpc) is 2.41. The van der Waals surface area contributed by atoms with Crippen molar-refractivity contribution in [3.63, 3.8) is 0 Å². The maximum atomic E-state index is 13.2. The summed E-state index contributed by atoms with van der Waals surface area (Å²) >= 11 is 0. The molecule has 4 nitrogen and oxygen atoms in total.